The van der Waals surface area contributed by atoms with E-state index in [0.29, 0.717) is 23.9 Å². The lowest BCUT2D eigenvalue weighted by Gasteiger charge is -2.28. The summed E-state index contributed by atoms with van der Waals surface area (Å²) in [7, 11) is 1.13. The van der Waals surface area contributed by atoms with Crippen LogP contribution in [0.3, 0.4) is 0 Å². The summed E-state index contributed by atoms with van der Waals surface area (Å²) in [5.41, 5.74) is 0. The number of phosphoric acid groups is 1. The van der Waals surface area contributed by atoms with Crippen molar-refractivity contribution in [2.75, 3.05) is 47.5 Å². The smallest absolute Gasteiger partial charge is 0.306 e. The fraction of sp³-hybridized carbons (Fsp3) is 0.750. The second kappa shape index (κ2) is 40.1. The zero-order chi connectivity index (χ0) is 42.8. The number of carbonyl (C=O) groups is 2. The molecule has 0 bridgehead atoms. The third-order valence-electron chi connectivity index (χ3n) is 9.55. The maximum Gasteiger partial charge on any atom is 0.306 e. The van der Waals surface area contributed by atoms with Crippen LogP contribution < -0.4 is 4.89 Å². The number of hydrogen-bond acceptors (Lipinski definition) is 8. The molecule has 0 aromatic heterocycles. The van der Waals surface area contributed by atoms with Gasteiger partial charge >= 0.3 is 11.9 Å². The molecule has 0 heterocycles. The average Bonchev–Trinajstić information content (AvgIpc) is 3.17. The summed E-state index contributed by atoms with van der Waals surface area (Å²) in [4.78, 5) is 37.6. The van der Waals surface area contributed by atoms with E-state index in [0.717, 1.165) is 57.8 Å². The Labute approximate surface area is 356 Å². The number of esters is 2. The quantitative estimate of drug-likeness (QED) is 0.0197. The summed E-state index contributed by atoms with van der Waals surface area (Å²) in [6.45, 7) is 4.05. The molecular formula is C48H86NO8P. The highest BCUT2D eigenvalue weighted by Gasteiger charge is 2.21. The SMILES string of the molecule is CC/C=C\C/C=C\C/C=C\C/C=C\C/C=C\CCCC(=O)OC[C@H](COP(=O)([O-])OCC[N+](C)(C)C)OC(=O)CCCCCCCCCCCCCCCCCCC. The number of allylic oxidation sites excluding steroid dienone is 10. The van der Waals surface area contributed by atoms with Gasteiger partial charge in [0.1, 0.15) is 19.8 Å². The van der Waals surface area contributed by atoms with Gasteiger partial charge in [-0.1, -0.05) is 177 Å². The Morgan fingerprint density at radius 1 is 0.552 bits per heavy atom. The molecule has 9 nitrogen and oxygen atoms in total. The first-order valence-electron chi connectivity index (χ1n) is 23.0. The summed E-state index contributed by atoms with van der Waals surface area (Å²) < 4.78 is 33.9. The van der Waals surface area contributed by atoms with Crippen LogP contribution in [0, 0.1) is 0 Å². The van der Waals surface area contributed by atoms with Crippen LogP contribution in [0.15, 0.2) is 60.8 Å². The van der Waals surface area contributed by atoms with Gasteiger partial charge in [-0.05, 0) is 51.4 Å². The van der Waals surface area contributed by atoms with Gasteiger partial charge in [-0.3, -0.25) is 14.2 Å². The minimum atomic E-state index is -4.64. The molecule has 0 rings (SSSR count). The summed E-state index contributed by atoms with van der Waals surface area (Å²) in [6, 6.07) is 0. The average molecular weight is 836 g/mol. The third-order valence-corrected chi connectivity index (χ3v) is 10.5. The fourth-order valence-corrected chi connectivity index (χ4v) is 6.71. The minimum Gasteiger partial charge on any atom is -0.756 e. The monoisotopic (exact) mass is 836 g/mol. The van der Waals surface area contributed by atoms with Crippen LogP contribution in [0.4, 0.5) is 0 Å². The molecule has 0 aliphatic carbocycles. The van der Waals surface area contributed by atoms with E-state index < -0.39 is 32.5 Å². The van der Waals surface area contributed by atoms with Crippen molar-refractivity contribution in [2.24, 2.45) is 0 Å². The number of carbonyl (C=O) groups excluding carboxylic acids is 2. The number of likely N-dealkylation sites (N-methyl/N-ethyl adjacent to an activating group) is 1. The first-order chi connectivity index (χ1) is 28.0. The van der Waals surface area contributed by atoms with Crippen molar-refractivity contribution < 1.29 is 42.1 Å². The lowest BCUT2D eigenvalue weighted by molar-refractivity contribution is -0.870. The number of quaternary nitrogens is 1. The van der Waals surface area contributed by atoms with Crippen molar-refractivity contribution in [2.45, 2.75) is 187 Å². The zero-order valence-electron chi connectivity index (χ0n) is 37.7. The first kappa shape index (κ1) is 55.7. The molecular weight excluding hydrogens is 750 g/mol. The molecule has 0 saturated carbocycles. The Morgan fingerprint density at radius 2 is 0.983 bits per heavy atom. The molecule has 336 valence electrons. The summed E-state index contributed by atoms with van der Waals surface area (Å²) in [6.07, 6.45) is 48.3. The van der Waals surface area contributed by atoms with Crippen molar-refractivity contribution in [1.29, 1.82) is 0 Å². The van der Waals surface area contributed by atoms with E-state index in [2.05, 4.69) is 68.5 Å². The van der Waals surface area contributed by atoms with Crippen molar-refractivity contribution in [3.05, 3.63) is 60.8 Å². The second-order valence-corrected chi connectivity index (χ2v) is 17.8. The number of phosphoric ester groups is 1. The molecule has 10 heteroatoms. The van der Waals surface area contributed by atoms with Crippen molar-refractivity contribution >= 4 is 19.8 Å². The molecule has 0 aliphatic rings. The fourth-order valence-electron chi connectivity index (χ4n) is 5.98. The zero-order valence-corrected chi connectivity index (χ0v) is 38.6. The topological polar surface area (TPSA) is 111 Å². The predicted octanol–water partition coefficient (Wildman–Crippen LogP) is 12.6. The number of unbranched alkanes of at least 4 members (excludes halogenated alkanes) is 17. The second-order valence-electron chi connectivity index (χ2n) is 16.4. The highest BCUT2D eigenvalue weighted by Crippen LogP contribution is 2.38. The van der Waals surface area contributed by atoms with Crippen molar-refractivity contribution in [1.82, 2.24) is 0 Å². The minimum absolute atomic E-state index is 0.0408. The van der Waals surface area contributed by atoms with Crippen LogP contribution in [-0.4, -0.2) is 70.0 Å². The molecule has 0 fully saturated rings. The highest BCUT2D eigenvalue weighted by molar-refractivity contribution is 7.45. The van der Waals surface area contributed by atoms with E-state index in [1.54, 1.807) is 0 Å². The Bertz CT molecular complexity index is 1170. The Hall–Kier alpha value is -2.29. The van der Waals surface area contributed by atoms with Gasteiger partial charge < -0.3 is 27.9 Å². The van der Waals surface area contributed by atoms with E-state index in [1.807, 2.05) is 27.2 Å². The molecule has 0 amide bonds. The van der Waals surface area contributed by atoms with E-state index in [4.69, 9.17) is 18.5 Å². The Morgan fingerprint density at radius 3 is 1.45 bits per heavy atom. The van der Waals surface area contributed by atoms with Crippen LogP contribution in [0.2, 0.25) is 0 Å². The molecule has 2 atom stereocenters. The molecule has 0 spiro atoms. The first-order valence-corrected chi connectivity index (χ1v) is 24.5. The summed E-state index contributed by atoms with van der Waals surface area (Å²) >= 11 is 0. The molecule has 0 radical (unpaired) electrons. The van der Waals surface area contributed by atoms with Gasteiger partial charge in [0.25, 0.3) is 7.82 Å². The summed E-state index contributed by atoms with van der Waals surface area (Å²) in [5.74, 6) is -0.901. The van der Waals surface area contributed by atoms with E-state index >= 15 is 0 Å². The number of rotatable bonds is 41. The largest absolute Gasteiger partial charge is 0.756 e. The van der Waals surface area contributed by atoms with Gasteiger partial charge in [0.2, 0.25) is 0 Å². The van der Waals surface area contributed by atoms with E-state index in [-0.39, 0.29) is 26.1 Å². The van der Waals surface area contributed by atoms with Crippen LogP contribution in [-0.2, 0) is 32.7 Å². The maximum absolute atomic E-state index is 12.7. The van der Waals surface area contributed by atoms with Gasteiger partial charge in [0.15, 0.2) is 6.10 Å². The Balaban J connectivity index is 4.41. The number of hydrogen-bond donors (Lipinski definition) is 0. The van der Waals surface area contributed by atoms with Crippen LogP contribution in [0.25, 0.3) is 0 Å². The normalized spacial score (nSPS) is 14.1. The molecule has 0 aliphatic heterocycles. The molecule has 0 aromatic rings. The highest BCUT2D eigenvalue weighted by atomic mass is 31.2. The molecule has 0 saturated heterocycles. The van der Waals surface area contributed by atoms with Gasteiger partial charge in [-0.15, -0.1) is 0 Å². The molecule has 0 aromatic carbocycles. The molecule has 58 heavy (non-hydrogen) atoms. The molecule has 1 unspecified atom stereocenters. The third kappa shape index (κ3) is 43.3. The van der Waals surface area contributed by atoms with Gasteiger partial charge in [0, 0.05) is 12.8 Å². The van der Waals surface area contributed by atoms with E-state index in [9.17, 15) is 19.0 Å². The van der Waals surface area contributed by atoms with Gasteiger partial charge in [-0.25, -0.2) is 0 Å². The van der Waals surface area contributed by atoms with Gasteiger partial charge in [0.05, 0.1) is 27.7 Å². The van der Waals surface area contributed by atoms with Crippen molar-refractivity contribution in [3.8, 4) is 0 Å². The maximum atomic E-state index is 12.7. The van der Waals surface area contributed by atoms with Crippen LogP contribution >= 0.6 is 7.82 Å². The lowest BCUT2D eigenvalue weighted by atomic mass is 10.0. The summed E-state index contributed by atoms with van der Waals surface area (Å²) in [5, 5.41) is 0. The number of ether oxygens (including phenoxy) is 2. The van der Waals surface area contributed by atoms with E-state index in [1.165, 1.54) is 83.5 Å². The standard InChI is InChI=1S/C48H86NO8P/c1-6-8-10-12-14-16-18-20-22-24-26-28-30-32-34-36-38-40-47(50)54-44-46(45-56-58(52,53)55-43-42-49(3,4)5)57-48(51)41-39-37-35-33-31-29-27-25-23-21-19-17-15-13-11-9-7-2/h8,10,14,16,20,22,26,28,32,34,46H,6-7,9,11-13,15,17-19,21,23-25,27,29-31,33,35-45H2,1-5H3/b10-8-,16-14-,22-20-,28-26-,34-32-/t46-/m1/s1. The van der Waals surface area contributed by atoms with Crippen LogP contribution in [0.1, 0.15) is 181 Å². The molecule has 0 N–H and O–H groups in total. The number of nitrogens with zero attached hydrogens (tertiary/aromatic N) is 1. The van der Waals surface area contributed by atoms with Crippen LogP contribution in [0.5, 0.6) is 0 Å². The van der Waals surface area contributed by atoms with Crippen molar-refractivity contribution in [3.63, 3.8) is 0 Å². The lowest BCUT2D eigenvalue weighted by Crippen LogP contribution is -2.37. The Kier molecular flexibility index (Phi) is 38.5. The predicted molar refractivity (Wildman–Crippen MR) is 240 cm³/mol. The van der Waals surface area contributed by atoms with Gasteiger partial charge in [-0.2, -0.15) is 0 Å².